The Labute approximate surface area is 106 Å². The summed E-state index contributed by atoms with van der Waals surface area (Å²) in [6, 6.07) is 7.25. The zero-order valence-electron chi connectivity index (χ0n) is 9.74. The summed E-state index contributed by atoms with van der Waals surface area (Å²) in [6.07, 6.45) is 2.73. The minimum absolute atomic E-state index is 0.0904. The highest BCUT2D eigenvalue weighted by atomic mass is 35.5. The number of benzene rings is 1. The lowest BCUT2D eigenvalue weighted by Gasteiger charge is -2.02. The average molecular weight is 251 g/mol. The Morgan fingerprint density at radius 2 is 2.06 bits per heavy atom. The van der Waals surface area contributed by atoms with E-state index in [1.807, 2.05) is 19.1 Å². The molecular weight excluding hydrogens is 236 g/mol. The van der Waals surface area contributed by atoms with Gasteiger partial charge in [-0.1, -0.05) is 23.7 Å². The molecule has 1 aromatic carbocycles. The van der Waals surface area contributed by atoms with Crippen LogP contribution in [0.15, 0.2) is 29.4 Å². The van der Waals surface area contributed by atoms with Gasteiger partial charge in [0.2, 0.25) is 5.91 Å². The van der Waals surface area contributed by atoms with Crippen molar-refractivity contribution in [1.29, 1.82) is 0 Å². The average Bonchev–Trinajstić information content (AvgIpc) is 3.13. The van der Waals surface area contributed by atoms with Crippen LogP contribution in [0.3, 0.4) is 0 Å². The lowest BCUT2D eigenvalue weighted by atomic mass is 10.1. The summed E-state index contributed by atoms with van der Waals surface area (Å²) in [7, 11) is 0. The van der Waals surface area contributed by atoms with E-state index >= 15 is 0 Å². The molecule has 1 N–H and O–H groups in total. The summed E-state index contributed by atoms with van der Waals surface area (Å²) in [5, 5.41) is 4.77. The molecule has 0 aliphatic heterocycles. The van der Waals surface area contributed by atoms with Crippen molar-refractivity contribution in [1.82, 2.24) is 5.43 Å². The standard InChI is InChI=1S/C13H15ClN2O/c1-9(11-4-5-11)15-16-13(17)8-10-2-6-12(14)7-3-10/h2-3,6-7,11H,4-5,8H2,1H3,(H,16,17)/b15-9+. The second kappa shape index (κ2) is 5.32. The minimum atomic E-state index is -0.0904. The maximum absolute atomic E-state index is 11.6. The lowest BCUT2D eigenvalue weighted by Crippen LogP contribution is -2.21. The number of carbonyl (C=O) groups is 1. The van der Waals surface area contributed by atoms with Gasteiger partial charge in [-0.15, -0.1) is 0 Å². The lowest BCUT2D eigenvalue weighted by molar-refractivity contribution is -0.120. The van der Waals surface area contributed by atoms with Crippen LogP contribution >= 0.6 is 11.6 Å². The highest BCUT2D eigenvalue weighted by molar-refractivity contribution is 6.30. The Hall–Kier alpha value is -1.35. The Morgan fingerprint density at radius 1 is 1.41 bits per heavy atom. The van der Waals surface area contributed by atoms with E-state index in [0.717, 1.165) is 11.3 Å². The van der Waals surface area contributed by atoms with E-state index in [1.165, 1.54) is 12.8 Å². The van der Waals surface area contributed by atoms with Crippen LogP contribution in [0.25, 0.3) is 0 Å². The molecule has 0 unspecified atom stereocenters. The number of carbonyl (C=O) groups excluding carboxylic acids is 1. The van der Waals surface area contributed by atoms with Crippen LogP contribution in [0, 0.1) is 5.92 Å². The van der Waals surface area contributed by atoms with Gasteiger partial charge in [0.05, 0.1) is 6.42 Å². The molecule has 0 spiro atoms. The third-order valence-corrected chi connectivity index (χ3v) is 3.06. The second-order valence-electron chi connectivity index (χ2n) is 4.37. The summed E-state index contributed by atoms with van der Waals surface area (Å²) in [4.78, 5) is 11.6. The van der Waals surface area contributed by atoms with E-state index in [4.69, 9.17) is 11.6 Å². The molecule has 1 aromatic rings. The number of nitrogens with one attached hydrogen (secondary N) is 1. The summed E-state index contributed by atoms with van der Waals surface area (Å²) >= 11 is 5.77. The smallest absolute Gasteiger partial charge is 0.244 e. The summed E-state index contributed by atoms with van der Waals surface area (Å²) in [5.41, 5.74) is 4.54. The van der Waals surface area contributed by atoms with Gasteiger partial charge in [-0.3, -0.25) is 4.79 Å². The summed E-state index contributed by atoms with van der Waals surface area (Å²) in [6.45, 7) is 1.96. The highest BCUT2D eigenvalue weighted by Gasteiger charge is 2.24. The number of amides is 1. The molecule has 0 heterocycles. The van der Waals surface area contributed by atoms with Crippen molar-refractivity contribution in [3.8, 4) is 0 Å². The van der Waals surface area contributed by atoms with Crippen molar-refractivity contribution >= 4 is 23.2 Å². The predicted octanol–water partition coefficient (Wildman–Crippen LogP) is 2.78. The molecule has 0 saturated heterocycles. The van der Waals surface area contributed by atoms with Crippen LogP contribution in [0.4, 0.5) is 0 Å². The molecule has 90 valence electrons. The first-order chi connectivity index (χ1) is 8.15. The van der Waals surface area contributed by atoms with Crippen molar-refractivity contribution in [2.75, 3.05) is 0 Å². The van der Waals surface area contributed by atoms with Crippen molar-refractivity contribution in [2.45, 2.75) is 26.2 Å². The maximum atomic E-state index is 11.6. The molecule has 2 rings (SSSR count). The number of hydrogen-bond acceptors (Lipinski definition) is 2. The first-order valence-electron chi connectivity index (χ1n) is 5.72. The molecule has 0 aromatic heterocycles. The third-order valence-electron chi connectivity index (χ3n) is 2.80. The van der Waals surface area contributed by atoms with Crippen LogP contribution in [-0.2, 0) is 11.2 Å². The molecule has 17 heavy (non-hydrogen) atoms. The summed E-state index contributed by atoms with van der Waals surface area (Å²) < 4.78 is 0. The fourth-order valence-electron chi connectivity index (χ4n) is 1.57. The number of hydrogen-bond donors (Lipinski definition) is 1. The number of halogens is 1. The van der Waals surface area contributed by atoms with E-state index in [-0.39, 0.29) is 5.91 Å². The van der Waals surface area contributed by atoms with Crippen molar-refractivity contribution in [3.05, 3.63) is 34.9 Å². The quantitative estimate of drug-likeness (QED) is 0.648. The Morgan fingerprint density at radius 3 is 2.65 bits per heavy atom. The molecule has 1 aliphatic carbocycles. The highest BCUT2D eigenvalue weighted by Crippen LogP contribution is 2.30. The Bertz CT molecular complexity index is 435. The topological polar surface area (TPSA) is 41.5 Å². The zero-order chi connectivity index (χ0) is 12.3. The molecule has 1 saturated carbocycles. The van der Waals surface area contributed by atoms with Gasteiger partial charge in [0.25, 0.3) is 0 Å². The minimum Gasteiger partial charge on any atom is -0.273 e. The largest absolute Gasteiger partial charge is 0.273 e. The first kappa shape index (κ1) is 12.1. The molecule has 0 radical (unpaired) electrons. The van der Waals surface area contributed by atoms with E-state index in [1.54, 1.807) is 12.1 Å². The Kier molecular flexibility index (Phi) is 3.79. The first-order valence-corrected chi connectivity index (χ1v) is 6.10. The van der Waals surface area contributed by atoms with Gasteiger partial charge in [-0.2, -0.15) is 5.10 Å². The molecule has 4 heteroatoms. The van der Waals surface area contributed by atoms with Gasteiger partial charge >= 0.3 is 0 Å². The van der Waals surface area contributed by atoms with Crippen LogP contribution in [0.1, 0.15) is 25.3 Å². The fraction of sp³-hybridized carbons (Fsp3) is 0.385. The molecule has 1 fully saturated rings. The molecule has 0 atom stereocenters. The Balaban J connectivity index is 1.84. The molecule has 0 bridgehead atoms. The van der Waals surface area contributed by atoms with Crippen LogP contribution < -0.4 is 5.43 Å². The number of rotatable bonds is 4. The normalized spacial score (nSPS) is 15.8. The van der Waals surface area contributed by atoms with E-state index in [2.05, 4.69) is 10.5 Å². The predicted molar refractivity (Wildman–Crippen MR) is 69.1 cm³/mol. The van der Waals surface area contributed by atoms with Gasteiger partial charge in [0.1, 0.15) is 0 Å². The second-order valence-corrected chi connectivity index (χ2v) is 4.80. The van der Waals surface area contributed by atoms with Gasteiger partial charge in [0.15, 0.2) is 0 Å². The molecular formula is C13H15ClN2O. The van der Waals surface area contributed by atoms with Crippen molar-refractivity contribution in [3.63, 3.8) is 0 Å². The van der Waals surface area contributed by atoms with E-state index < -0.39 is 0 Å². The van der Waals surface area contributed by atoms with Gasteiger partial charge < -0.3 is 0 Å². The summed E-state index contributed by atoms with van der Waals surface area (Å²) in [5.74, 6) is 0.498. The van der Waals surface area contributed by atoms with Gasteiger partial charge in [-0.05, 0) is 43.4 Å². The van der Waals surface area contributed by atoms with Crippen LogP contribution in [0.5, 0.6) is 0 Å². The van der Waals surface area contributed by atoms with Crippen LogP contribution in [0.2, 0.25) is 5.02 Å². The van der Waals surface area contributed by atoms with Crippen molar-refractivity contribution in [2.24, 2.45) is 11.0 Å². The maximum Gasteiger partial charge on any atom is 0.244 e. The van der Waals surface area contributed by atoms with Crippen molar-refractivity contribution < 1.29 is 4.79 Å². The molecule has 1 aliphatic rings. The fourth-order valence-corrected chi connectivity index (χ4v) is 1.70. The van der Waals surface area contributed by atoms with E-state index in [0.29, 0.717) is 17.4 Å². The van der Waals surface area contributed by atoms with Crippen LogP contribution in [-0.4, -0.2) is 11.6 Å². The SMILES string of the molecule is C/C(=N\NC(=O)Cc1ccc(Cl)cc1)C1CC1. The van der Waals surface area contributed by atoms with Gasteiger partial charge in [-0.25, -0.2) is 5.43 Å². The third kappa shape index (κ3) is 3.86. The number of hydrazone groups is 1. The van der Waals surface area contributed by atoms with Gasteiger partial charge in [0, 0.05) is 10.7 Å². The zero-order valence-corrected chi connectivity index (χ0v) is 10.5. The number of nitrogens with zero attached hydrogens (tertiary/aromatic N) is 1. The molecule has 3 nitrogen and oxygen atoms in total. The molecule has 1 amide bonds. The monoisotopic (exact) mass is 250 g/mol. The van der Waals surface area contributed by atoms with E-state index in [9.17, 15) is 4.79 Å².